The molecule has 1 saturated carbocycles. The van der Waals surface area contributed by atoms with Gasteiger partial charge in [-0.25, -0.2) is 4.85 Å². The van der Waals surface area contributed by atoms with Crippen molar-refractivity contribution in [3.05, 3.63) is 95.0 Å². The minimum absolute atomic E-state index is 0.519. The zero-order chi connectivity index (χ0) is 25.0. The average Bonchev–Trinajstić information content (AvgIpc) is 3.50. The van der Waals surface area contributed by atoms with E-state index in [1.807, 2.05) is 42.5 Å². The van der Waals surface area contributed by atoms with Crippen molar-refractivity contribution < 1.29 is 10.4 Å². The molecule has 2 heterocycles. The first kappa shape index (κ1) is 20.5. The third-order valence-electron chi connectivity index (χ3n) is 7.60. The van der Waals surface area contributed by atoms with E-state index in [2.05, 4.69) is 54.6 Å². The van der Waals surface area contributed by atoms with Gasteiger partial charge in [-0.15, -0.1) is 0 Å². The molecule has 0 saturated heterocycles. The molecule has 3 heteroatoms. The van der Waals surface area contributed by atoms with E-state index in [0.29, 0.717) is 5.69 Å². The van der Waals surface area contributed by atoms with Gasteiger partial charge in [-0.1, -0.05) is 67.4 Å². The molecule has 0 amide bonds. The minimum atomic E-state index is -0.519. The predicted octanol–water partition coefficient (Wildman–Crippen LogP) is 8.57. The monoisotopic (exact) mass is 458 g/mol. The number of aryl methyl sites for hydroxylation is 2. The highest BCUT2D eigenvalue weighted by Crippen LogP contribution is 2.44. The summed E-state index contributed by atoms with van der Waals surface area (Å²) < 4.78 is 18.1. The molecule has 0 N–H and O–H groups in total. The maximum absolute atomic E-state index is 9.16. The van der Waals surface area contributed by atoms with E-state index in [-0.39, 0.29) is 0 Å². The van der Waals surface area contributed by atoms with Crippen LogP contribution >= 0.6 is 0 Å². The van der Waals surface area contributed by atoms with Crippen molar-refractivity contribution in [2.45, 2.75) is 45.4 Å². The molecule has 0 atom stereocenters. The Balaban J connectivity index is 1.68. The lowest BCUT2D eigenvalue weighted by atomic mass is 9.93. The molecular formula is C32H29N2O+. The maximum Gasteiger partial charge on any atom is 0.216 e. The van der Waals surface area contributed by atoms with Crippen molar-refractivity contribution in [2.24, 2.45) is 7.05 Å². The Morgan fingerprint density at radius 3 is 2.31 bits per heavy atom. The molecule has 3 aromatic carbocycles. The number of pyridine rings is 1. The SMILES string of the molecule is [2H]C1(c2cc(C)[n+](C)c(-c3c(C)ccc4c3oc3c(-c5ccccc5)c([N+]#[C-])ccc34)c2)CCCC1. The summed E-state index contributed by atoms with van der Waals surface area (Å²) in [5.74, 6) is -0.519. The van der Waals surface area contributed by atoms with Crippen LogP contribution < -0.4 is 4.57 Å². The van der Waals surface area contributed by atoms with Crippen LogP contribution in [0.5, 0.6) is 0 Å². The van der Waals surface area contributed by atoms with Gasteiger partial charge in [-0.3, -0.25) is 0 Å². The van der Waals surface area contributed by atoms with Gasteiger partial charge in [-0.05, 0) is 42.3 Å². The lowest BCUT2D eigenvalue weighted by molar-refractivity contribution is -0.666. The standard InChI is InChI=1S/C32H29N2O/c1-20-14-15-25-26-16-17-27(33-3)30(23-12-6-5-7-13-23)32(26)35-31(25)29(20)28-19-24(18-21(2)34(28)4)22-10-8-9-11-22/h5-7,12-19,22H,8-11H2,1-2,4H3/q+1/i22D. The molecule has 5 aromatic rings. The number of furan rings is 1. The molecule has 3 nitrogen and oxygen atoms in total. The number of hydrogen-bond acceptors (Lipinski definition) is 1. The number of hydrogen-bond donors (Lipinski definition) is 0. The second-order valence-electron chi connectivity index (χ2n) is 9.69. The lowest BCUT2D eigenvalue weighted by Gasteiger charge is -2.13. The van der Waals surface area contributed by atoms with Crippen LogP contribution in [0, 0.1) is 20.4 Å². The molecule has 1 aliphatic carbocycles. The van der Waals surface area contributed by atoms with Crippen LogP contribution in [-0.4, -0.2) is 0 Å². The van der Waals surface area contributed by atoms with Crippen LogP contribution in [-0.2, 0) is 7.05 Å². The minimum Gasteiger partial charge on any atom is -0.456 e. The van der Waals surface area contributed by atoms with Gasteiger partial charge in [0.2, 0.25) is 5.69 Å². The normalized spacial score (nSPS) is 15.4. The topological polar surface area (TPSA) is 21.4 Å². The Bertz CT molecular complexity index is 1690. The molecule has 172 valence electrons. The maximum atomic E-state index is 9.16. The molecule has 0 bridgehead atoms. The Morgan fingerprint density at radius 2 is 1.60 bits per heavy atom. The number of fused-ring (bicyclic) bond motifs is 3. The fourth-order valence-electron chi connectivity index (χ4n) is 5.62. The first-order valence-electron chi connectivity index (χ1n) is 12.8. The van der Waals surface area contributed by atoms with Gasteiger partial charge >= 0.3 is 0 Å². The van der Waals surface area contributed by atoms with E-state index < -0.39 is 5.89 Å². The van der Waals surface area contributed by atoms with E-state index in [0.717, 1.165) is 86.8 Å². The highest BCUT2D eigenvalue weighted by Gasteiger charge is 2.26. The van der Waals surface area contributed by atoms with Crippen molar-refractivity contribution >= 4 is 27.6 Å². The van der Waals surface area contributed by atoms with Gasteiger partial charge in [0.1, 0.15) is 18.2 Å². The van der Waals surface area contributed by atoms with Crippen LogP contribution in [0.15, 0.2) is 71.1 Å². The summed E-state index contributed by atoms with van der Waals surface area (Å²) in [6.07, 6.45) is 4.05. The highest BCUT2D eigenvalue weighted by atomic mass is 16.3. The van der Waals surface area contributed by atoms with E-state index in [1.165, 1.54) is 0 Å². The Labute approximate surface area is 207 Å². The molecule has 1 fully saturated rings. The average molecular weight is 459 g/mol. The Hall–Kier alpha value is -3.90. The van der Waals surface area contributed by atoms with Crippen molar-refractivity contribution in [1.29, 1.82) is 0 Å². The van der Waals surface area contributed by atoms with Crippen LogP contribution in [0.3, 0.4) is 0 Å². The third kappa shape index (κ3) is 3.44. The molecular weight excluding hydrogens is 428 g/mol. The van der Waals surface area contributed by atoms with Crippen LogP contribution in [0.1, 0.15) is 49.8 Å². The second-order valence-corrected chi connectivity index (χ2v) is 9.69. The molecule has 0 unspecified atom stereocenters. The quantitative estimate of drug-likeness (QED) is 0.196. The molecule has 0 radical (unpaired) electrons. The zero-order valence-corrected chi connectivity index (χ0v) is 20.5. The molecule has 35 heavy (non-hydrogen) atoms. The zero-order valence-electron chi connectivity index (χ0n) is 21.5. The van der Waals surface area contributed by atoms with Crippen LogP contribution in [0.2, 0.25) is 0 Å². The number of benzene rings is 3. The number of rotatable bonds is 3. The van der Waals surface area contributed by atoms with Gasteiger partial charge in [0.05, 0.1) is 12.1 Å². The summed E-state index contributed by atoms with van der Waals surface area (Å²) in [7, 11) is 2.09. The Kier molecular flexibility index (Phi) is 4.91. The first-order valence-corrected chi connectivity index (χ1v) is 12.3. The lowest BCUT2D eigenvalue weighted by Crippen LogP contribution is -2.35. The number of nitrogens with zero attached hydrogens (tertiary/aromatic N) is 2. The Morgan fingerprint density at radius 1 is 0.914 bits per heavy atom. The summed E-state index contributed by atoms with van der Waals surface area (Å²) in [5.41, 5.74) is 9.48. The number of aromatic nitrogens is 1. The molecule has 6 rings (SSSR count). The van der Waals surface area contributed by atoms with Crippen molar-refractivity contribution in [3.8, 4) is 22.4 Å². The van der Waals surface area contributed by atoms with E-state index in [4.69, 9.17) is 12.4 Å². The fourth-order valence-corrected chi connectivity index (χ4v) is 5.62. The van der Waals surface area contributed by atoms with Gasteiger partial charge in [-0.2, -0.15) is 4.57 Å². The van der Waals surface area contributed by atoms with E-state index in [9.17, 15) is 0 Å². The molecule has 1 aliphatic rings. The van der Waals surface area contributed by atoms with E-state index in [1.54, 1.807) is 0 Å². The van der Waals surface area contributed by atoms with Crippen molar-refractivity contribution in [1.82, 2.24) is 0 Å². The predicted molar refractivity (Wildman–Crippen MR) is 143 cm³/mol. The second kappa shape index (κ2) is 8.40. The van der Waals surface area contributed by atoms with Crippen molar-refractivity contribution in [3.63, 3.8) is 0 Å². The van der Waals surface area contributed by atoms with Gasteiger partial charge in [0.15, 0.2) is 11.4 Å². The first-order chi connectivity index (χ1) is 17.4. The van der Waals surface area contributed by atoms with Gasteiger partial charge in [0, 0.05) is 36.8 Å². The van der Waals surface area contributed by atoms with Crippen LogP contribution in [0.4, 0.5) is 5.69 Å². The van der Waals surface area contributed by atoms with E-state index >= 15 is 0 Å². The molecule has 0 aliphatic heterocycles. The molecule has 0 spiro atoms. The fraction of sp³-hybridized carbons (Fsp3) is 0.250. The van der Waals surface area contributed by atoms with Gasteiger partial charge in [0.25, 0.3) is 0 Å². The van der Waals surface area contributed by atoms with Gasteiger partial charge < -0.3 is 4.42 Å². The summed E-state index contributed by atoms with van der Waals surface area (Å²) in [5, 5.41) is 2.06. The third-order valence-corrected chi connectivity index (χ3v) is 7.60. The van der Waals surface area contributed by atoms with Crippen molar-refractivity contribution in [2.75, 3.05) is 0 Å². The smallest absolute Gasteiger partial charge is 0.216 e. The summed E-state index contributed by atoms with van der Waals surface area (Å²) >= 11 is 0. The summed E-state index contributed by atoms with van der Waals surface area (Å²) in [6, 6.07) is 22.6. The highest BCUT2D eigenvalue weighted by molar-refractivity contribution is 6.15. The molecule has 2 aromatic heterocycles. The largest absolute Gasteiger partial charge is 0.456 e. The summed E-state index contributed by atoms with van der Waals surface area (Å²) in [4.78, 5) is 3.82. The van der Waals surface area contributed by atoms with Crippen LogP contribution in [0.25, 0.3) is 49.2 Å². The summed E-state index contributed by atoms with van der Waals surface area (Å²) in [6.45, 7) is 12.0.